The number of likely N-dealkylation sites (tertiary alicyclic amines) is 1. The summed E-state index contributed by atoms with van der Waals surface area (Å²) >= 11 is 3.60. The summed E-state index contributed by atoms with van der Waals surface area (Å²) in [5, 5.41) is 13.6. The summed E-state index contributed by atoms with van der Waals surface area (Å²) in [6, 6.07) is 2.45. The number of hydrogen-bond acceptors (Lipinski definition) is 3. The number of nitriles is 1. The van der Waals surface area contributed by atoms with Gasteiger partial charge in [-0.3, -0.25) is 9.58 Å². The van der Waals surface area contributed by atoms with E-state index in [1.807, 2.05) is 11.6 Å². The fourth-order valence-electron chi connectivity index (χ4n) is 2.37. The molecule has 2 heterocycles. The third-order valence-electron chi connectivity index (χ3n) is 3.32. The van der Waals surface area contributed by atoms with E-state index in [1.165, 1.54) is 5.69 Å². The van der Waals surface area contributed by atoms with Gasteiger partial charge in [-0.15, -0.1) is 0 Å². The van der Waals surface area contributed by atoms with Crippen LogP contribution in [-0.4, -0.2) is 27.3 Å². The summed E-state index contributed by atoms with van der Waals surface area (Å²) in [5.74, 6) is 0. The molecule has 92 valence electrons. The first-order chi connectivity index (χ1) is 8.17. The van der Waals surface area contributed by atoms with Gasteiger partial charge in [0.05, 0.1) is 28.0 Å². The fourth-order valence-corrected chi connectivity index (χ4v) is 2.78. The van der Waals surface area contributed by atoms with Crippen molar-refractivity contribution in [3.63, 3.8) is 0 Å². The summed E-state index contributed by atoms with van der Waals surface area (Å²) in [4.78, 5) is 2.24. The first kappa shape index (κ1) is 12.6. The summed E-state index contributed by atoms with van der Waals surface area (Å²) in [5.41, 5.74) is 2.21. The standard InChI is InChI=1S/C12H17BrN4/c1-3-17-11(12(13)9(2)15-17)8-16-6-4-5-10(16)7-14/h10H,3-6,8H2,1-2H3. The average Bonchev–Trinajstić information content (AvgIpc) is 2.88. The van der Waals surface area contributed by atoms with E-state index in [2.05, 4.69) is 38.9 Å². The van der Waals surface area contributed by atoms with Crippen LogP contribution >= 0.6 is 15.9 Å². The van der Waals surface area contributed by atoms with Gasteiger partial charge in [0.25, 0.3) is 0 Å². The second-order valence-corrected chi connectivity index (χ2v) is 5.21. The van der Waals surface area contributed by atoms with Gasteiger partial charge in [-0.05, 0) is 49.2 Å². The topological polar surface area (TPSA) is 44.9 Å². The Bertz CT molecular complexity index is 446. The van der Waals surface area contributed by atoms with Crippen molar-refractivity contribution in [3.05, 3.63) is 15.9 Å². The van der Waals surface area contributed by atoms with Crippen molar-refractivity contribution in [2.45, 2.75) is 45.8 Å². The SMILES string of the molecule is CCn1nc(C)c(Br)c1CN1CCCC1C#N. The summed E-state index contributed by atoms with van der Waals surface area (Å²) in [6.07, 6.45) is 2.11. The lowest BCUT2D eigenvalue weighted by molar-refractivity contribution is 0.276. The Balaban J connectivity index is 2.21. The highest BCUT2D eigenvalue weighted by Crippen LogP contribution is 2.26. The maximum absolute atomic E-state index is 9.09. The third-order valence-corrected chi connectivity index (χ3v) is 4.35. The number of nitrogens with zero attached hydrogens (tertiary/aromatic N) is 4. The van der Waals surface area contributed by atoms with Gasteiger partial charge in [0.1, 0.15) is 0 Å². The van der Waals surface area contributed by atoms with E-state index in [0.29, 0.717) is 0 Å². The Hall–Kier alpha value is -0.860. The number of hydrogen-bond donors (Lipinski definition) is 0. The lowest BCUT2D eigenvalue weighted by Crippen LogP contribution is -2.28. The molecule has 1 aliphatic rings. The molecule has 1 saturated heterocycles. The lowest BCUT2D eigenvalue weighted by Gasteiger charge is -2.19. The third kappa shape index (κ3) is 2.38. The Morgan fingerprint density at radius 3 is 3.00 bits per heavy atom. The molecule has 0 spiro atoms. The predicted octanol–water partition coefficient (Wildman–Crippen LogP) is 2.46. The molecule has 1 aromatic rings. The molecule has 2 rings (SSSR count). The number of aromatic nitrogens is 2. The fraction of sp³-hybridized carbons (Fsp3) is 0.667. The van der Waals surface area contributed by atoms with Crippen LogP contribution in [0.1, 0.15) is 31.2 Å². The smallest absolute Gasteiger partial charge is 0.0981 e. The molecule has 17 heavy (non-hydrogen) atoms. The van der Waals surface area contributed by atoms with Crippen molar-refractivity contribution in [2.75, 3.05) is 6.54 Å². The van der Waals surface area contributed by atoms with Crippen molar-refractivity contribution in [3.8, 4) is 6.07 Å². The quantitative estimate of drug-likeness (QED) is 0.861. The van der Waals surface area contributed by atoms with Gasteiger partial charge in [-0.1, -0.05) is 0 Å². The Morgan fingerprint density at radius 1 is 1.59 bits per heavy atom. The Labute approximate surface area is 110 Å². The monoisotopic (exact) mass is 296 g/mol. The zero-order valence-corrected chi connectivity index (χ0v) is 11.9. The molecular weight excluding hydrogens is 280 g/mol. The van der Waals surface area contributed by atoms with Crippen molar-refractivity contribution < 1.29 is 0 Å². The first-order valence-corrected chi connectivity index (χ1v) is 6.82. The van der Waals surface area contributed by atoms with Crippen molar-refractivity contribution in [1.29, 1.82) is 5.26 Å². The zero-order chi connectivity index (χ0) is 12.4. The molecule has 1 unspecified atom stereocenters. The van der Waals surface area contributed by atoms with Crippen LogP contribution in [-0.2, 0) is 13.1 Å². The second-order valence-electron chi connectivity index (χ2n) is 4.42. The van der Waals surface area contributed by atoms with E-state index < -0.39 is 0 Å². The molecule has 0 aromatic carbocycles. The molecule has 0 N–H and O–H groups in total. The van der Waals surface area contributed by atoms with Gasteiger partial charge in [0.15, 0.2) is 0 Å². The van der Waals surface area contributed by atoms with E-state index in [-0.39, 0.29) is 6.04 Å². The Kier molecular flexibility index (Phi) is 3.85. The molecule has 1 aliphatic heterocycles. The van der Waals surface area contributed by atoms with Gasteiger partial charge in [0, 0.05) is 13.1 Å². The molecule has 4 nitrogen and oxygen atoms in total. The van der Waals surface area contributed by atoms with Crippen molar-refractivity contribution in [2.24, 2.45) is 0 Å². The minimum Gasteiger partial charge on any atom is -0.282 e. The predicted molar refractivity (Wildman–Crippen MR) is 69.4 cm³/mol. The van der Waals surface area contributed by atoms with Gasteiger partial charge in [0.2, 0.25) is 0 Å². The van der Waals surface area contributed by atoms with Crippen LogP contribution in [0.4, 0.5) is 0 Å². The normalized spacial score (nSPS) is 20.7. The minimum atomic E-state index is 0.0717. The molecule has 0 aliphatic carbocycles. The lowest BCUT2D eigenvalue weighted by atomic mass is 10.2. The number of rotatable bonds is 3. The molecule has 0 radical (unpaired) electrons. The summed E-state index contributed by atoms with van der Waals surface area (Å²) < 4.78 is 3.11. The van der Waals surface area contributed by atoms with Crippen LogP contribution in [0.3, 0.4) is 0 Å². The van der Waals surface area contributed by atoms with E-state index in [1.54, 1.807) is 0 Å². The molecule has 1 aromatic heterocycles. The summed E-state index contributed by atoms with van der Waals surface area (Å²) in [7, 11) is 0. The minimum absolute atomic E-state index is 0.0717. The van der Waals surface area contributed by atoms with Gasteiger partial charge in [-0.2, -0.15) is 10.4 Å². The molecule has 1 atom stereocenters. The van der Waals surface area contributed by atoms with E-state index in [0.717, 1.165) is 42.6 Å². The maximum atomic E-state index is 9.09. The van der Waals surface area contributed by atoms with E-state index in [9.17, 15) is 0 Å². The highest BCUT2D eigenvalue weighted by Gasteiger charge is 2.26. The van der Waals surface area contributed by atoms with E-state index >= 15 is 0 Å². The molecule has 0 bridgehead atoms. The molecule has 5 heteroatoms. The van der Waals surface area contributed by atoms with Crippen LogP contribution < -0.4 is 0 Å². The molecule has 0 amide bonds. The van der Waals surface area contributed by atoms with Crippen LogP contribution in [0, 0.1) is 18.3 Å². The molecule has 1 fully saturated rings. The van der Waals surface area contributed by atoms with Crippen LogP contribution in [0.5, 0.6) is 0 Å². The number of aryl methyl sites for hydroxylation is 2. The first-order valence-electron chi connectivity index (χ1n) is 6.02. The molecular formula is C12H17BrN4. The van der Waals surface area contributed by atoms with Gasteiger partial charge >= 0.3 is 0 Å². The number of halogens is 1. The van der Waals surface area contributed by atoms with Crippen LogP contribution in [0.15, 0.2) is 4.47 Å². The molecule has 0 saturated carbocycles. The highest BCUT2D eigenvalue weighted by atomic mass is 79.9. The average molecular weight is 297 g/mol. The van der Waals surface area contributed by atoms with Crippen molar-refractivity contribution >= 4 is 15.9 Å². The van der Waals surface area contributed by atoms with Crippen LogP contribution in [0.25, 0.3) is 0 Å². The van der Waals surface area contributed by atoms with Crippen molar-refractivity contribution in [1.82, 2.24) is 14.7 Å². The maximum Gasteiger partial charge on any atom is 0.0981 e. The largest absolute Gasteiger partial charge is 0.282 e. The van der Waals surface area contributed by atoms with E-state index in [4.69, 9.17) is 5.26 Å². The zero-order valence-electron chi connectivity index (χ0n) is 10.3. The second kappa shape index (κ2) is 5.19. The van der Waals surface area contributed by atoms with Gasteiger partial charge < -0.3 is 0 Å². The summed E-state index contributed by atoms with van der Waals surface area (Å²) in [6.45, 7) is 6.79. The Morgan fingerprint density at radius 2 is 2.35 bits per heavy atom. The van der Waals surface area contributed by atoms with Crippen LogP contribution in [0.2, 0.25) is 0 Å². The highest BCUT2D eigenvalue weighted by molar-refractivity contribution is 9.10. The van der Waals surface area contributed by atoms with Gasteiger partial charge in [-0.25, -0.2) is 0 Å².